The van der Waals surface area contributed by atoms with E-state index in [-0.39, 0.29) is 17.1 Å². The fraction of sp³-hybridized carbons (Fsp3) is 0.125. The summed E-state index contributed by atoms with van der Waals surface area (Å²) in [7, 11) is 0. The molecule has 1 aromatic rings. The fourth-order valence-corrected chi connectivity index (χ4v) is 1.44. The van der Waals surface area contributed by atoms with Gasteiger partial charge in [0.2, 0.25) is 0 Å². The molecule has 4 nitrogen and oxygen atoms in total. The van der Waals surface area contributed by atoms with E-state index in [2.05, 4.69) is 10.0 Å². The van der Waals surface area contributed by atoms with Gasteiger partial charge in [-0.2, -0.15) is 0 Å². The lowest BCUT2D eigenvalue weighted by atomic mass is 10.1. The molecule has 0 radical (unpaired) electrons. The van der Waals surface area contributed by atoms with E-state index in [4.69, 9.17) is 28.7 Å². The summed E-state index contributed by atoms with van der Waals surface area (Å²) in [6.07, 6.45) is 0. The Morgan fingerprint density at radius 2 is 2.29 bits per heavy atom. The molecular weight excluding hydrogens is 225 g/mol. The van der Waals surface area contributed by atoms with Crippen LogP contribution >= 0.6 is 23.2 Å². The molecule has 1 aromatic carbocycles. The first kappa shape index (κ1) is 10.9. The molecule has 0 saturated heterocycles. The van der Waals surface area contributed by atoms with Crippen molar-refractivity contribution in [2.45, 2.75) is 6.54 Å². The third kappa shape index (κ3) is 2.39. The van der Waals surface area contributed by atoms with Crippen LogP contribution in [0.5, 0.6) is 0 Å². The maximum atomic E-state index is 10.9. The van der Waals surface area contributed by atoms with Crippen molar-refractivity contribution < 1.29 is 4.79 Å². The Morgan fingerprint density at radius 1 is 1.57 bits per heavy atom. The van der Waals surface area contributed by atoms with Gasteiger partial charge in [0.15, 0.2) is 0 Å². The first-order valence-electron chi connectivity index (χ1n) is 3.65. The highest BCUT2D eigenvalue weighted by Crippen LogP contribution is 2.23. The minimum Gasteiger partial charge on any atom is -0.276 e. The molecule has 1 rings (SSSR count). The summed E-state index contributed by atoms with van der Waals surface area (Å²) in [5, 5.41) is 2.95. The van der Waals surface area contributed by atoms with Crippen molar-refractivity contribution in [3.05, 3.63) is 44.8 Å². The molecule has 0 amide bonds. The van der Waals surface area contributed by atoms with E-state index in [0.717, 1.165) is 0 Å². The Hall–Kier alpha value is -1.22. The molecule has 0 fully saturated rings. The average Bonchev–Trinajstić information content (AvgIpc) is 2.16. The average molecular weight is 230 g/mol. The van der Waals surface area contributed by atoms with E-state index in [1.807, 2.05) is 0 Å². The van der Waals surface area contributed by atoms with E-state index in [9.17, 15) is 4.79 Å². The normalized spacial score (nSPS) is 9.29. The van der Waals surface area contributed by atoms with Crippen LogP contribution in [-0.2, 0) is 6.54 Å². The Bertz CT molecular complexity index is 413. The van der Waals surface area contributed by atoms with Crippen molar-refractivity contribution in [2.75, 3.05) is 0 Å². The second-order valence-electron chi connectivity index (χ2n) is 2.44. The van der Waals surface area contributed by atoms with Crippen molar-refractivity contribution in [2.24, 2.45) is 5.11 Å². The standard InChI is InChI=1S/C8H5Cl2N3O/c9-7-5(4-12-13-11)2-1-3-6(7)8(10)14/h1-3H,4H2. The van der Waals surface area contributed by atoms with Gasteiger partial charge in [0.25, 0.3) is 5.24 Å². The van der Waals surface area contributed by atoms with Crippen LogP contribution in [0.1, 0.15) is 15.9 Å². The monoisotopic (exact) mass is 229 g/mol. The topological polar surface area (TPSA) is 65.8 Å². The molecule has 72 valence electrons. The van der Waals surface area contributed by atoms with E-state index in [1.54, 1.807) is 12.1 Å². The second kappa shape index (κ2) is 4.86. The highest BCUT2D eigenvalue weighted by molar-refractivity contribution is 6.68. The predicted octanol–water partition coefficient (Wildman–Crippen LogP) is 3.53. The maximum absolute atomic E-state index is 10.9. The zero-order chi connectivity index (χ0) is 10.6. The van der Waals surface area contributed by atoms with Crippen LogP contribution < -0.4 is 0 Å². The van der Waals surface area contributed by atoms with Crippen LogP contribution in [0.3, 0.4) is 0 Å². The zero-order valence-electron chi connectivity index (χ0n) is 6.94. The molecule has 14 heavy (non-hydrogen) atoms. The molecular formula is C8H5Cl2N3O. The molecule has 0 aliphatic heterocycles. The Kier molecular flexibility index (Phi) is 3.77. The van der Waals surface area contributed by atoms with E-state index >= 15 is 0 Å². The van der Waals surface area contributed by atoms with E-state index in [0.29, 0.717) is 5.56 Å². The summed E-state index contributed by atoms with van der Waals surface area (Å²) >= 11 is 11.1. The molecule has 0 aromatic heterocycles. The van der Waals surface area contributed by atoms with Crippen LogP contribution in [0, 0.1) is 0 Å². The lowest BCUT2D eigenvalue weighted by molar-refractivity contribution is 0.108. The number of benzene rings is 1. The molecule has 6 heteroatoms. The summed E-state index contributed by atoms with van der Waals surface area (Å²) in [5.41, 5.74) is 8.92. The number of nitrogens with zero attached hydrogens (tertiary/aromatic N) is 3. The summed E-state index contributed by atoms with van der Waals surface area (Å²) < 4.78 is 0. The van der Waals surface area contributed by atoms with E-state index in [1.165, 1.54) is 6.07 Å². The molecule has 0 N–H and O–H groups in total. The largest absolute Gasteiger partial charge is 0.276 e. The molecule has 0 saturated carbocycles. The molecule has 0 aliphatic rings. The molecule has 0 spiro atoms. The highest BCUT2D eigenvalue weighted by atomic mass is 35.5. The second-order valence-corrected chi connectivity index (χ2v) is 3.16. The predicted molar refractivity (Wildman–Crippen MR) is 54.5 cm³/mol. The van der Waals surface area contributed by atoms with Crippen LogP contribution in [0.15, 0.2) is 23.3 Å². The van der Waals surface area contributed by atoms with Gasteiger partial charge in [0.05, 0.1) is 17.1 Å². The smallest absolute Gasteiger partial charge is 0.253 e. The molecule has 0 heterocycles. The van der Waals surface area contributed by atoms with Crippen molar-refractivity contribution in [1.82, 2.24) is 0 Å². The molecule has 0 atom stereocenters. The Morgan fingerprint density at radius 3 is 2.86 bits per heavy atom. The van der Waals surface area contributed by atoms with Crippen LogP contribution in [0.25, 0.3) is 10.4 Å². The summed E-state index contributed by atoms with van der Waals surface area (Å²) in [6.45, 7) is 0.105. The molecule has 0 aliphatic carbocycles. The first-order chi connectivity index (χ1) is 6.66. The number of azide groups is 1. The quantitative estimate of drug-likeness (QED) is 0.339. The van der Waals surface area contributed by atoms with Gasteiger partial charge in [-0.15, -0.1) is 0 Å². The summed E-state index contributed by atoms with van der Waals surface area (Å²) in [5.74, 6) is 0. The lowest BCUT2D eigenvalue weighted by Gasteiger charge is -2.02. The number of hydrogen-bond donors (Lipinski definition) is 0. The lowest BCUT2D eigenvalue weighted by Crippen LogP contribution is -1.93. The van der Waals surface area contributed by atoms with Gasteiger partial charge in [0.1, 0.15) is 0 Å². The Labute approximate surface area is 90.1 Å². The zero-order valence-corrected chi connectivity index (χ0v) is 8.46. The van der Waals surface area contributed by atoms with Gasteiger partial charge in [-0.3, -0.25) is 4.79 Å². The first-order valence-corrected chi connectivity index (χ1v) is 4.40. The summed E-state index contributed by atoms with van der Waals surface area (Å²) in [6, 6.07) is 4.81. The Balaban J connectivity index is 3.13. The minimum absolute atomic E-state index is 0.105. The van der Waals surface area contributed by atoms with Crippen LogP contribution in [0.2, 0.25) is 5.02 Å². The van der Waals surface area contributed by atoms with Crippen molar-refractivity contribution >= 4 is 28.4 Å². The van der Waals surface area contributed by atoms with Gasteiger partial charge < -0.3 is 0 Å². The molecule has 0 bridgehead atoms. The summed E-state index contributed by atoms with van der Waals surface area (Å²) in [4.78, 5) is 13.5. The number of rotatable bonds is 3. The number of hydrogen-bond acceptors (Lipinski definition) is 2. The SMILES string of the molecule is [N-]=[N+]=NCc1cccc(C(=O)Cl)c1Cl. The fourth-order valence-electron chi connectivity index (χ4n) is 0.962. The third-order valence-electron chi connectivity index (χ3n) is 1.59. The van der Waals surface area contributed by atoms with Gasteiger partial charge in [-0.1, -0.05) is 28.8 Å². The number of carbonyl (C=O) groups excluding carboxylic acids is 1. The van der Waals surface area contributed by atoms with Crippen molar-refractivity contribution in [3.63, 3.8) is 0 Å². The molecule has 0 unspecified atom stereocenters. The van der Waals surface area contributed by atoms with E-state index < -0.39 is 5.24 Å². The number of carbonyl (C=O) groups is 1. The number of halogens is 2. The highest BCUT2D eigenvalue weighted by Gasteiger charge is 2.09. The van der Waals surface area contributed by atoms with Crippen molar-refractivity contribution in [1.29, 1.82) is 0 Å². The maximum Gasteiger partial charge on any atom is 0.253 e. The van der Waals surface area contributed by atoms with Gasteiger partial charge >= 0.3 is 0 Å². The van der Waals surface area contributed by atoms with Crippen molar-refractivity contribution in [3.8, 4) is 0 Å². The van der Waals surface area contributed by atoms with Gasteiger partial charge in [-0.05, 0) is 28.8 Å². The van der Waals surface area contributed by atoms with Gasteiger partial charge in [-0.25, -0.2) is 0 Å². The van der Waals surface area contributed by atoms with Crippen LogP contribution in [-0.4, -0.2) is 5.24 Å². The minimum atomic E-state index is -0.627. The third-order valence-corrected chi connectivity index (χ3v) is 2.24. The van der Waals surface area contributed by atoms with Crippen LogP contribution in [0.4, 0.5) is 0 Å². The van der Waals surface area contributed by atoms with Gasteiger partial charge in [0, 0.05) is 4.91 Å².